The number of hydrogen-bond acceptors (Lipinski definition) is 6. The number of nitro groups is 1. The number of carbonyl (C=O) groups excluding carboxylic acids is 1. The van der Waals surface area contributed by atoms with Crippen LogP contribution in [-0.4, -0.2) is 23.0 Å². The van der Waals surface area contributed by atoms with E-state index in [1.165, 1.54) is 6.92 Å². The van der Waals surface area contributed by atoms with Gasteiger partial charge in [-0.05, 0) is 4.92 Å². The van der Waals surface area contributed by atoms with Crippen molar-refractivity contribution in [1.82, 2.24) is 0 Å². The van der Waals surface area contributed by atoms with Crippen molar-refractivity contribution < 1.29 is 19.3 Å². The molecule has 0 N–H and O–H groups in total. The molecular formula is C5H6N2O5. The first-order valence-electron chi connectivity index (χ1n) is 3.14. The number of rotatable bonds is 1. The van der Waals surface area contributed by atoms with Gasteiger partial charge in [-0.3, -0.25) is 9.63 Å². The first kappa shape index (κ1) is 8.44. The zero-order valence-electron chi connectivity index (χ0n) is 6.22. The van der Waals surface area contributed by atoms with Crippen molar-refractivity contribution in [3.63, 3.8) is 0 Å². The summed E-state index contributed by atoms with van der Waals surface area (Å²) in [6.45, 7) is 1.19. The highest BCUT2D eigenvalue weighted by Gasteiger charge is 2.33. The summed E-state index contributed by atoms with van der Waals surface area (Å²) < 4.78 is 4.51. The molecule has 66 valence electrons. The summed E-state index contributed by atoms with van der Waals surface area (Å²) in [7, 11) is 0. The molecule has 0 amide bonds. The second-order valence-corrected chi connectivity index (χ2v) is 2.11. The van der Waals surface area contributed by atoms with E-state index < -0.39 is 17.2 Å². The van der Waals surface area contributed by atoms with E-state index in [1.54, 1.807) is 0 Å². The van der Waals surface area contributed by atoms with Gasteiger partial charge < -0.3 is 14.9 Å². The Hall–Kier alpha value is -1.66. The Morgan fingerprint density at radius 3 is 3.00 bits per heavy atom. The van der Waals surface area contributed by atoms with Crippen LogP contribution in [0.2, 0.25) is 0 Å². The van der Waals surface area contributed by atoms with Crippen LogP contribution in [0.25, 0.3) is 0 Å². The van der Waals surface area contributed by atoms with E-state index in [4.69, 9.17) is 0 Å². The lowest BCUT2D eigenvalue weighted by molar-refractivity contribution is -0.353. The van der Waals surface area contributed by atoms with E-state index in [-0.39, 0.29) is 12.3 Å². The summed E-state index contributed by atoms with van der Waals surface area (Å²) >= 11 is 0. The molecule has 1 aliphatic heterocycles. The Morgan fingerprint density at radius 2 is 2.58 bits per heavy atom. The molecule has 12 heavy (non-hydrogen) atoms. The lowest BCUT2D eigenvalue weighted by atomic mass is 10.4. The van der Waals surface area contributed by atoms with Crippen LogP contribution in [0, 0.1) is 10.1 Å². The highest BCUT2D eigenvalue weighted by atomic mass is 16.8. The van der Waals surface area contributed by atoms with Gasteiger partial charge in [-0.2, -0.15) is 0 Å². The Balaban J connectivity index is 2.41. The quantitative estimate of drug-likeness (QED) is 0.314. The summed E-state index contributed by atoms with van der Waals surface area (Å²) in [4.78, 5) is 24.2. The topological polar surface area (TPSA) is 91.0 Å². The highest BCUT2D eigenvalue weighted by molar-refractivity contribution is 5.75. The molecular weight excluding hydrogens is 168 g/mol. The lowest BCUT2D eigenvalue weighted by Crippen LogP contribution is -2.18. The Labute approximate surface area is 67.1 Å². The fraction of sp³-hybridized carbons (Fsp3) is 0.600. The predicted octanol–water partition coefficient (Wildman–Crippen LogP) is -0.114. The molecule has 0 fully saturated rings. The minimum Gasteiger partial charge on any atom is -0.420 e. The van der Waals surface area contributed by atoms with Crippen LogP contribution in [0.4, 0.5) is 0 Å². The van der Waals surface area contributed by atoms with Gasteiger partial charge in [0.25, 0.3) is 0 Å². The fourth-order valence-electron chi connectivity index (χ4n) is 0.699. The molecule has 0 saturated heterocycles. The van der Waals surface area contributed by atoms with Gasteiger partial charge in [0.2, 0.25) is 0 Å². The van der Waals surface area contributed by atoms with Gasteiger partial charge in [0.05, 0.1) is 0 Å². The molecule has 0 radical (unpaired) electrons. The molecule has 1 unspecified atom stereocenters. The number of nitrogens with zero attached hydrogens (tertiary/aromatic N) is 2. The van der Waals surface area contributed by atoms with Crippen LogP contribution >= 0.6 is 0 Å². The summed E-state index contributed by atoms with van der Waals surface area (Å²) in [6, 6.07) is 0. The monoisotopic (exact) mass is 174 g/mol. The number of esters is 1. The van der Waals surface area contributed by atoms with Gasteiger partial charge in [0.1, 0.15) is 6.42 Å². The van der Waals surface area contributed by atoms with E-state index in [2.05, 4.69) is 14.7 Å². The molecule has 1 rings (SSSR count). The zero-order chi connectivity index (χ0) is 9.14. The van der Waals surface area contributed by atoms with Crippen LogP contribution < -0.4 is 0 Å². The molecule has 0 spiro atoms. The number of ether oxygens (including phenoxy) is 1. The Bertz CT molecular complexity index is 248. The molecule has 0 aromatic carbocycles. The van der Waals surface area contributed by atoms with Crippen molar-refractivity contribution in [1.29, 1.82) is 0 Å². The second-order valence-electron chi connectivity index (χ2n) is 2.11. The standard InChI is InChI=1S/C5H6N2O5/c1-3(8)11-5-2-4(6-12-5)7(9)10/h5H,2H2,1H3. The maximum absolute atomic E-state index is 10.4. The number of hydrogen-bond donors (Lipinski definition) is 0. The van der Waals surface area contributed by atoms with Gasteiger partial charge in [-0.25, -0.2) is 0 Å². The Kier molecular flexibility index (Phi) is 2.22. The van der Waals surface area contributed by atoms with Crippen LogP contribution in [0.5, 0.6) is 0 Å². The lowest BCUT2D eigenvalue weighted by Gasteiger charge is -2.02. The van der Waals surface area contributed by atoms with Crippen molar-refractivity contribution in [2.45, 2.75) is 19.6 Å². The number of carbonyl (C=O) groups is 1. The predicted molar refractivity (Wildman–Crippen MR) is 35.7 cm³/mol. The summed E-state index contributed by atoms with van der Waals surface area (Å²) in [6.07, 6.45) is -1.05. The average Bonchev–Trinajstić information content (AvgIpc) is 2.34. The maximum Gasteiger partial charge on any atom is 0.393 e. The number of oxime groups is 1. The molecule has 1 heterocycles. The van der Waals surface area contributed by atoms with Crippen molar-refractivity contribution in [3.8, 4) is 0 Å². The van der Waals surface area contributed by atoms with Gasteiger partial charge in [-0.1, -0.05) is 0 Å². The molecule has 0 aromatic rings. The normalized spacial score (nSPS) is 21.1. The van der Waals surface area contributed by atoms with E-state index in [1.807, 2.05) is 0 Å². The van der Waals surface area contributed by atoms with E-state index in [0.717, 1.165) is 0 Å². The van der Waals surface area contributed by atoms with E-state index in [0.29, 0.717) is 0 Å². The van der Waals surface area contributed by atoms with Gasteiger partial charge >= 0.3 is 18.1 Å². The molecule has 7 heteroatoms. The minimum atomic E-state index is -0.942. The molecule has 0 saturated carbocycles. The molecule has 1 atom stereocenters. The maximum atomic E-state index is 10.4. The molecule has 0 aromatic heterocycles. The van der Waals surface area contributed by atoms with E-state index in [9.17, 15) is 14.9 Å². The van der Waals surface area contributed by atoms with Crippen molar-refractivity contribution in [2.24, 2.45) is 5.16 Å². The van der Waals surface area contributed by atoms with Gasteiger partial charge in [-0.15, -0.1) is 0 Å². The van der Waals surface area contributed by atoms with Crippen molar-refractivity contribution >= 4 is 11.8 Å². The minimum absolute atomic E-state index is 0.105. The SMILES string of the molecule is CC(=O)OC1CC([N+](=O)[O-])=NO1. The third-order valence-corrected chi connectivity index (χ3v) is 1.13. The van der Waals surface area contributed by atoms with Gasteiger partial charge in [0, 0.05) is 6.92 Å². The van der Waals surface area contributed by atoms with Crippen LogP contribution in [0.1, 0.15) is 13.3 Å². The highest BCUT2D eigenvalue weighted by Crippen LogP contribution is 2.11. The molecule has 1 aliphatic rings. The number of amidine groups is 1. The smallest absolute Gasteiger partial charge is 0.393 e. The fourth-order valence-corrected chi connectivity index (χ4v) is 0.699. The third kappa shape index (κ3) is 1.91. The third-order valence-electron chi connectivity index (χ3n) is 1.13. The molecule has 0 bridgehead atoms. The van der Waals surface area contributed by atoms with Crippen LogP contribution in [0.3, 0.4) is 0 Å². The van der Waals surface area contributed by atoms with Crippen LogP contribution in [-0.2, 0) is 14.4 Å². The van der Waals surface area contributed by atoms with Crippen LogP contribution in [0.15, 0.2) is 5.16 Å². The summed E-state index contributed by atoms with van der Waals surface area (Å²) in [5.41, 5.74) is 0. The second kappa shape index (κ2) is 3.16. The molecule has 7 nitrogen and oxygen atoms in total. The van der Waals surface area contributed by atoms with Crippen molar-refractivity contribution in [2.75, 3.05) is 0 Å². The van der Waals surface area contributed by atoms with E-state index >= 15 is 0 Å². The summed E-state index contributed by atoms with van der Waals surface area (Å²) in [5, 5.41) is 13.2. The largest absolute Gasteiger partial charge is 0.420 e. The first-order chi connectivity index (χ1) is 5.59. The summed E-state index contributed by atoms with van der Waals surface area (Å²) in [5.74, 6) is -0.888. The molecule has 0 aliphatic carbocycles. The Morgan fingerprint density at radius 1 is 1.92 bits per heavy atom. The van der Waals surface area contributed by atoms with Crippen molar-refractivity contribution in [3.05, 3.63) is 10.1 Å². The van der Waals surface area contributed by atoms with Gasteiger partial charge in [0.15, 0.2) is 5.16 Å². The average molecular weight is 174 g/mol. The zero-order valence-corrected chi connectivity index (χ0v) is 6.22. The first-order valence-corrected chi connectivity index (χ1v) is 3.14.